The second kappa shape index (κ2) is 16.0. The Hall–Kier alpha value is -0.200. The van der Waals surface area contributed by atoms with E-state index in [0.717, 1.165) is 32.2 Å². The quantitative estimate of drug-likeness (QED) is 0.358. The summed E-state index contributed by atoms with van der Waals surface area (Å²) in [6.45, 7) is 25.7. The van der Waals surface area contributed by atoms with Crippen molar-refractivity contribution in [1.29, 1.82) is 0 Å². The van der Waals surface area contributed by atoms with Crippen LogP contribution in [0.1, 0.15) is 134 Å². The van der Waals surface area contributed by atoms with Gasteiger partial charge in [0.1, 0.15) is 0 Å². The average molecular weight is 515 g/mol. The van der Waals surface area contributed by atoms with Crippen LogP contribution in [0.4, 0.5) is 0 Å². The fourth-order valence-electron chi connectivity index (χ4n) is 3.91. The van der Waals surface area contributed by atoms with E-state index in [9.17, 15) is 0 Å². The molecule has 0 N–H and O–H groups in total. The Kier molecular flexibility index (Phi) is 15.1. The fraction of sp³-hybridized carbons (Fsp3) is 1.00. The van der Waals surface area contributed by atoms with Gasteiger partial charge in [0, 0.05) is 13.2 Å². The van der Waals surface area contributed by atoms with E-state index in [1.165, 1.54) is 51.4 Å². The third-order valence-corrected chi connectivity index (χ3v) is 5.64. The van der Waals surface area contributed by atoms with Crippen LogP contribution >= 0.6 is 0 Å². The zero-order valence-corrected chi connectivity index (χ0v) is 25.9. The molecular weight excluding hydrogens is 452 g/mol. The van der Waals surface area contributed by atoms with E-state index in [0.29, 0.717) is 24.4 Å². The van der Waals surface area contributed by atoms with E-state index in [1.54, 1.807) is 0 Å². The number of ether oxygens (including phenoxy) is 5. The molecule has 1 saturated heterocycles. The maximum absolute atomic E-state index is 5.80. The monoisotopic (exact) mass is 514 g/mol. The van der Waals surface area contributed by atoms with Crippen molar-refractivity contribution in [2.45, 2.75) is 175 Å². The summed E-state index contributed by atoms with van der Waals surface area (Å²) in [4.78, 5) is 0. The molecule has 1 unspecified atom stereocenters. The van der Waals surface area contributed by atoms with Crippen LogP contribution in [-0.2, 0) is 23.7 Å². The molecule has 1 atom stereocenters. The fourth-order valence-corrected chi connectivity index (χ4v) is 3.91. The highest BCUT2D eigenvalue weighted by Crippen LogP contribution is 2.29. The third-order valence-electron chi connectivity index (χ3n) is 5.64. The highest BCUT2D eigenvalue weighted by molar-refractivity contribution is 4.77. The summed E-state index contributed by atoms with van der Waals surface area (Å²) in [7, 11) is 0. The van der Waals surface area contributed by atoms with E-state index in [4.69, 9.17) is 23.7 Å². The van der Waals surface area contributed by atoms with Crippen molar-refractivity contribution in [2.75, 3.05) is 19.8 Å². The average Bonchev–Trinajstić information content (AvgIpc) is 3.59. The van der Waals surface area contributed by atoms with Gasteiger partial charge < -0.3 is 23.7 Å². The second-order valence-electron chi connectivity index (χ2n) is 14.1. The maximum atomic E-state index is 5.80. The molecule has 3 saturated carbocycles. The third kappa shape index (κ3) is 23.0. The first-order chi connectivity index (χ1) is 16.5. The lowest BCUT2D eigenvalue weighted by Gasteiger charge is -2.24. The van der Waals surface area contributed by atoms with Gasteiger partial charge >= 0.3 is 0 Å². The molecule has 0 radical (unpaired) electrons. The SMILES string of the molecule is CC(C)(C)OC1CC1.CC(C)(C)OC1CCCC1.CC(C)(C)OC1CCOC1.CC(C)OCC1CC1. The Balaban J connectivity index is 0.000000241. The van der Waals surface area contributed by atoms with Gasteiger partial charge in [-0.05, 0) is 127 Å². The molecule has 4 aliphatic rings. The first-order valence-corrected chi connectivity index (χ1v) is 14.8. The van der Waals surface area contributed by atoms with Crippen molar-refractivity contribution in [1.82, 2.24) is 0 Å². The number of hydrogen-bond donors (Lipinski definition) is 0. The summed E-state index contributed by atoms with van der Waals surface area (Å²) in [5, 5.41) is 0. The largest absolute Gasteiger partial charge is 0.379 e. The zero-order valence-electron chi connectivity index (χ0n) is 25.9. The molecule has 0 amide bonds. The van der Waals surface area contributed by atoms with Gasteiger partial charge in [-0.2, -0.15) is 0 Å². The lowest BCUT2D eigenvalue weighted by atomic mass is 10.2. The topological polar surface area (TPSA) is 46.2 Å². The molecule has 4 fully saturated rings. The molecule has 5 nitrogen and oxygen atoms in total. The Morgan fingerprint density at radius 1 is 0.611 bits per heavy atom. The van der Waals surface area contributed by atoms with Gasteiger partial charge in [0.15, 0.2) is 0 Å². The minimum atomic E-state index is -0.0155. The molecule has 1 heterocycles. The summed E-state index contributed by atoms with van der Waals surface area (Å²) in [5.41, 5.74) is 0.133. The molecule has 1 aliphatic heterocycles. The smallest absolute Gasteiger partial charge is 0.0837 e. The first-order valence-electron chi connectivity index (χ1n) is 14.8. The normalized spacial score (nSPS) is 22.8. The molecule has 4 rings (SSSR count). The maximum Gasteiger partial charge on any atom is 0.0837 e. The van der Waals surface area contributed by atoms with Crippen molar-refractivity contribution in [2.24, 2.45) is 5.92 Å². The Bertz CT molecular complexity index is 505. The van der Waals surface area contributed by atoms with Crippen molar-refractivity contribution in [3.05, 3.63) is 0 Å². The summed E-state index contributed by atoms with van der Waals surface area (Å²) < 4.78 is 27.6. The molecule has 0 spiro atoms. The molecule has 3 aliphatic carbocycles. The van der Waals surface area contributed by atoms with Crippen LogP contribution in [-0.4, -0.2) is 61.0 Å². The van der Waals surface area contributed by atoms with Crippen molar-refractivity contribution in [3.8, 4) is 0 Å². The van der Waals surface area contributed by atoms with E-state index >= 15 is 0 Å². The van der Waals surface area contributed by atoms with Gasteiger partial charge in [-0.3, -0.25) is 0 Å². The molecule has 5 heteroatoms. The number of rotatable bonds is 6. The summed E-state index contributed by atoms with van der Waals surface area (Å²) >= 11 is 0. The second-order valence-corrected chi connectivity index (χ2v) is 14.1. The minimum absolute atomic E-state index is 0.0155. The highest BCUT2D eigenvalue weighted by atomic mass is 16.6. The molecule has 0 aromatic rings. The van der Waals surface area contributed by atoms with Crippen LogP contribution in [0.15, 0.2) is 0 Å². The van der Waals surface area contributed by atoms with E-state index in [-0.39, 0.29) is 16.8 Å². The summed E-state index contributed by atoms with van der Waals surface area (Å²) in [5.74, 6) is 0.914. The van der Waals surface area contributed by atoms with Crippen molar-refractivity contribution in [3.63, 3.8) is 0 Å². The highest BCUT2D eigenvalue weighted by Gasteiger charge is 2.27. The summed E-state index contributed by atoms with van der Waals surface area (Å²) in [6, 6.07) is 0. The Morgan fingerprint density at radius 3 is 1.36 bits per heavy atom. The van der Waals surface area contributed by atoms with Gasteiger partial charge in [0.2, 0.25) is 0 Å². The molecular formula is C31H62O5. The molecule has 0 bridgehead atoms. The molecule has 216 valence electrons. The Labute approximate surface area is 224 Å². The lowest BCUT2D eigenvalue weighted by molar-refractivity contribution is -0.0605. The Morgan fingerprint density at radius 2 is 1.06 bits per heavy atom. The molecule has 36 heavy (non-hydrogen) atoms. The lowest BCUT2D eigenvalue weighted by Crippen LogP contribution is -2.27. The van der Waals surface area contributed by atoms with Gasteiger partial charge in [-0.25, -0.2) is 0 Å². The minimum Gasteiger partial charge on any atom is -0.379 e. The van der Waals surface area contributed by atoms with Crippen LogP contribution in [0.3, 0.4) is 0 Å². The van der Waals surface area contributed by atoms with Crippen molar-refractivity contribution < 1.29 is 23.7 Å². The molecule has 0 aromatic carbocycles. The predicted octanol–water partition coefficient (Wildman–Crippen LogP) is 8.12. The van der Waals surface area contributed by atoms with Gasteiger partial charge in [-0.1, -0.05) is 12.8 Å². The standard InChI is InChI=1S/C9H18O.C8H16O2.2C7H14O/c1-9(2,3)10-8-6-4-5-7-8;1-8(2,3)10-7-4-5-9-6-7;1-7(2,3)8-6-4-5-6;1-6(2)8-5-7-3-4-7/h8H,4-7H2,1-3H3;7H,4-6H2,1-3H3;6H,4-5H2,1-3H3;6-7H,3-5H2,1-2H3. The number of hydrogen-bond acceptors (Lipinski definition) is 5. The van der Waals surface area contributed by atoms with Gasteiger partial charge in [0.25, 0.3) is 0 Å². The predicted molar refractivity (Wildman–Crippen MR) is 151 cm³/mol. The van der Waals surface area contributed by atoms with Gasteiger partial charge in [0.05, 0.1) is 47.8 Å². The molecule has 0 aromatic heterocycles. The first kappa shape index (κ1) is 33.8. The summed E-state index contributed by atoms with van der Waals surface area (Å²) in [6.07, 6.45) is 13.6. The van der Waals surface area contributed by atoms with Crippen LogP contribution in [0.25, 0.3) is 0 Å². The van der Waals surface area contributed by atoms with Crippen LogP contribution < -0.4 is 0 Å². The van der Waals surface area contributed by atoms with Crippen LogP contribution in [0.5, 0.6) is 0 Å². The van der Waals surface area contributed by atoms with Crippen molar-refractivity contribution >= 4 is 0 Å². The van der Waals surface area contributed by atoms with E-state index < -0.39 is 0 Å². The van der Waals surface area contributed by atoms with Crippen LogP contribution in [0, 0.1) is 5.92 Å². The van der Waals surface area contributed by atoms with E-state index in [2.05, 4.69) is 76.2 Å². The van der Waals surface area contributed by atoms with Crippen LogP contribution in [0.2, 0.25) is 0 Å². The zero-order chi connectivity index (χ0) is 27.4. The van der Waals surface area contributed by atoms with Gasteiger partial charge in [-0.15, -0.1) is 0 Å². The van der Waals surface area contributed by atoms with E-state index in [1.807, 2.05) is 0 Å².